The second kappa shape index (κ2) is 13.2. The van der Waals surface area contributed by atoms with Crippen LogP contribution >= 0.6 is 11.6 Å². The van der Waals surface area contributed by atoms with Crippen molar-refractivity contribution >= 4 is 40.6 Å². The van der Waals surface area contributed by atoms with Gasteiger partial charge in [0, 0.05) is 68.3 Å². The van der Waals surface area contributed by atoms with Crippen molar-refractivity contribution in [2.45, 2.75) is 64.1 Å². The smallest absolute Gasteiger partial charge is 0.387 e. The molecule has 0 bridgehead atoms. The van der Waals surface area contributed by atoms with Crippen LogP contribution in [0.3, 0.4) is 0 Å². The maximum Gasteiger partial charge on any atom is 0.387 e. The number of hydrogen-bond donors (Lipinski definition) is 1. The Balaban J connectivity index is 1.13. The van der Waals surface area contributed by atoms with Crippen LogP contribution in [-0.2, 0) is 20.0 Å². The standard InChI is InChI=1S/C36H32ClF4N5O4/c1-19-22(5-3-6-23(19)34-44-26-15-20(18-47)29(50-35(38)39)16-30(26)49-34)24-7-4-8-25(31(24)37)43-33(48)32-42-27-17-46(14-11-28(27)45(32)2)21-9-12-36(40,41)13-10-21/h3-8,15-16,18,21,35H,9-14,17H2,1-2H3,(H,43,48). The molecule has 0 spiro atoms. The number of imidazole rings is 1. The number of carbonyl (C=O) groups is 2. The number of halogens is 5. The average molecular weight is 710 g/mol. The van der Waals surface area contributed by atoms with Gasteiger partial charge in [-0.25, -0.2) is 18.7 Å². The number of hydrogen-bond acceptors (Lipinski definition) is 7. The van der Waals surface area contributed by atoms with Crippen LogP contribution in [0.2, 0.25) is 5.02 Å². The number of benzene rings is 3. The lowest BCUT2D eigenvalue weighted by Crippen LogP contribution is -2.43. The van der Waals surface area contributed by atoms with Gasteiger partial charge in [-0.15, -0.1) is 0 Å². The van der Waals surface area contributed by atoms with Gasteiger partial charge in [0.15, 0.2) is 17.7 Å². The fraction of sp³-hybridized carbons (Fsp3) is 0.333. The van der Waals surface area contributed by atoms with Crippen molar-refractivity contribution in [2.24, 2.45) is 7.05 Å². The minimum Gasteiger partial charge on any atom is -0.436 e. The number of amides is 1. The fourth-order valence-electron chi connectivity index (χ4n) is 7.00. The molecule has 0 unspecified atom stereocenters. The Morgan fingerprint density at radius 3 is 2.56 bits per heavy atom. The van der Waals surface area contributed by atoms with Crippen LogP contribution < -0.4 is 10.1 Å². The Morgan fingerprint density at radius 1 is 1.10 bits per heavy atom. The van der Waals surface area contributed by atoms with Gasteiger partial charge in [0.05, 0.1) is 22.0 Å². The molecule has 5 aromatic rings. The van der Waals surface area contributed by atoms with E-state index in [1.165, 1.54) is 12.1 Å². The van der Waals surface area contributed by atoms with E-state index in [4.69, 9.17) is 16.0 Å². The van der Waals surface area contributed by atoms with E-state index in [2.05, 4.69) is 24.9 Å². The molecule has 14 heteroatoms. The highest BCUT2D eigenvalue weighted by atomic mass is 35.5. The molecule has 3 aromatic carbocycles. The van der Waals surface area contributed by atoms with E-state index < -0.39 is 18.4 Å². The predicted octanol–water partition coefficient (Wildman–Crippen LogP) is 8.46. The zero-order valence-electron chi connectivity index (χ0n) is 27.1. The van der Waals surface area contributed by atoms with E-state index in [1.54, 1.807) is 35.9 Å². The SMILES string of the molecule is Cc1c(-c2nc3cc(C=O)c(OC(F)F)cc3o2)cccc1-c1cccc(NC(=O)c2nc3c(n2C)CCN(C2CCC(F)(F)CC2)C3)c1Cl. The highest BCUT2D eigenvalue weighted by Crippen LogP contribution is 2.40. The van der Waals surface area contributed by atoms with Gasteiger partial charge in [-0.2, -0.15) is 8.78 Å². The van der Waals surface area contributed by atoms with Crippen molar-refractivity contribution in [1.29, 1.82) is 0 Å². The van der Waals surface area contributed by atoms with Crippen molar-refractivity contribution in [3.05, 3.63) is 81.9 Å². The number of oxazole rings is 1. The number of aromatic nitrogens is 3. The highest BCUT2D eigenvalue weighted by molar-refractivity contribution is 6.36. The molecule has 1 saturated carbocycles. The van der Waals surface area contributed by atoms with Gasteiger partial charge in [-0.1, -0.05) is 35.9 Å². The Labute approximate surface area is 289 Å². The summed E-state index contributed by atoms with van der Waals surface area (Å²) in [5.74, 6) is -2.92. The maximum absolute atomic E-state index is 13.7. The summed E-state index contributed by atoms with van der Waals surface area (Å²) < 4.78 is 65.4. The summed E-state index contributed by atoms with van der Waals surface area (Å²) in [6.45, 7) is -0.0508. The first-order valence-electron chi connectivity index (χ1n) is 16.1. The molecule has 1 aliphatic carbocycles. The van der Waals surface area contributed by atoms with Crippen LogP contribution in [0.4, 0.5) is 23.2 Å². The number of ether oxygens (including phenoxy) is 1. The number of rotatable bonds is 8. The summed E-state index contributed by atoms with van der Waals surface area (Å²) in [7, 11) is 1.79. The molecule has 2 aromatic heterocycles. The van der Waals surface area contributed by atoms with E-state index in [-0.39, 0.29) is 47.5 Å². The third-order valence-corrected chi connectivity index (χ3v) is 10.1. The topological polar surface area (TPSA) is 102 Å². The predicted molar refractivity (Wildman–Crippen MR) is 179 cm³/mol. The molecular formula is C36H32ClF4N5O4. The summed E-state index contributed by atoms with van der Waals surface area (Å²) in [6.07, 6.45) is 1.73. The fourth-order valence-corrected chi connectivity index (χ4v) is 7.28. The van der Waals surface area contributed by atoms with E-state index in [1.807, 2.05) is 19.1 Å². The van der Waals surface area contributed by atoms with Crippen molar-refractivity contribution in [3.63, 3.8) is 0 Å². The molecule has 0 radical (unpaired) electrons. The van der Waals surface area contributed by atoms with Crippen molar-refractivity contribution in [3.8, 4) is 28.3 Å². The summed E-state index contributed by atoms with van der Waals surface area (Å²) in [6, 6.07) is 13.3. The first-order valence-corrected chi connectivity index (χ1v) is 16.5. The third kappa shape index (κ3) is 6.35. The van der Waals surface area contributed by atoms with Gasteiger partial charge in [0.2, 0.25) is 11.8 Å². The van der Waals surface area contributed by atoms with E-state index in [0.717, 1.165) is 22.5 Å². The van der Waals surface area contributed by atoms with Gasteiger partial charge in [0.25, 0.3) is 5.91 Å². The number of nitrogens with zero attached hydrogens (tertiary/aromatic N) is 4. The number of fused-ring (bicyclic) bond motifs is 2. The van der Waals surface area contributed by atoms with E-state index in [0.29, 0.717) is 66.0 Å². The van der Waals surface area contributed by atoms with Crippen molar-refractivity contribution in [1.82, 2.24) is 19.4 Å². The minimum absolute atomic E-state index is 0.0731. The Bertz CT molecular complexity index is 2120. The van der Waals surface area contributed by atoms with E-state index in [9.17, 15) is 27.2 Å². The average Bonchev–Trinajstić information content (AvgIpc) is 3.65. The molecule has 1 fully saturated rings. The number of nitrogens with one attached hydrogen (secondary N) is 1. The zero-order chi connectivity index (χ0) is 35.3. The van der Waals surface area contributed by atoms with Gasteiger partial charge in [-0.05, 0) is 49.1 Å². The number of aldehydes is 1. The monoisotopic (exact) mass is 709 g/mol. The molecule has 260 valence electrons. The van der Waals surface area contributed by atoms with Crippen LogP contribution in [0.1, 0.15) is 63.6 Å². The zero-order valence-corrected chi connectivity index (χ0v) is 27.9. The summed E-state index contributed by atoms with van der Waals surface area (Å²) in [4.78, 5) is 36.4. The Morgan fingerprint density at radius 2 is 1.82 bits per heavy atom. The minimum atomic E-state index is -3.12. The number of alkyl halides is 4. The largest absolute Gasteiger partial charge is 0.436 e. The van der Waals surface area contributed by atoms with Crippen LogP contribution in [0.25, 0.3) is 33.7 Å². The Kier molecular flexibility index (Phi) is 8.89. The highest BCUT2D eigenvalue weighted by Gasteiger charge is 2.38. The molecule has 50 heavy (non-hydrogen) atoms. The van der Waals surface area contributed by atoms with Crippen LogP contribution in [-0.4, -0.2) is 56.7 Å². The molecule has 7 rings (SSSR count). The summed E-state index contributed by atoms with van der Waals surface area (Å²) in [5.41, 5.74) is 5.16. The third-order valence-electron chi connectivity index (χ3n) is 9.66. The summed E-state index contributed by atoms with van der Waals surface area (Å²) >= 11 is 6.92. The van der Waals surface area contributed by atoms with Crippen LogP contribution in [0, 0.1) is 6.92 Å². The quantitative estimate of drug-likeness (QED) is 0.127. The lowest BCUT2D eigenvalue weighted by atomic mass is 9.90. The van der Waals surface area contributed by atoms with Gasteiger partial charge >= 0.3 is 6.61 Å². The molecule has 1 aliphatic heterocycles. The lowest BCUT2D eigenvalue weighted by molar-refractivity contribution is -0.0554. The second-order valence-corrected chi connectivity index (χ2v) is 13.0. The lowest BCUT2D eigenvalue weighted by Gasteiger charge is -2.38. The maximum atomic E-state index is 13.7. The molecule has 1 N–H and O–H groups in total. The van der Waals surface area contributed by atoms with Crippen LogP contribution in [0.5, 0.6) is 5.75 Å². The normalized spacial score (nSPS) is 16.5. The summed E-state index contributed by atoms with van der Waals surface area (Å²) in [5, 5.41) is 3.20. The van der Waals surface area contributed by atoms with E-state index >= 15 is 0 Å². The second-order valence-electron chi connectivity index (χ2n) is 12.7. The molecule has 0 saturated heterocycles. The first kappa shape index (κ1) is 33.7. The molecule has 9 nitrogen and oxygen atoms in total. The van der Waals surface area contributed by atoms with Gasteiger partial charge in [-0.3, -0.25) is 14.5 Å². The molecule has 2 aliphatic rings. The van der Waals surface area contributed by atoms with Crippen molar-refractivity contribution in [2.75, 3.05) is 11.9 Å². The molecule has 1 amide bonds. The molecular weight excluding hydrogens is 678 g/mol. The number of anilines is 1. The molecule has 3 heterocycles. The first-order chi connectivity index (χ1) is 23.9. The van der Waals surface area contributed by atoms with Crippen LogP contribution in [0.15, 0.2) is 52.9 Å². The number of carbonyl (C=O) groups excluding carboxylic acids is 2. The van der Waals surface area contributed by atoms with Gasteiger partial charge < -0.3 is 19.0 Å². The van der Waals surface area contributed by atoms with Crippen molar-refractivity contribution < 1.29 is 36.3 Å². The Hall–Kier alpha value is -4.75. The van der Waals surface area contributed by atoms with Gasteiger partial charge in [0.1, 0.15) is 11.3 Å². The molecule has 0 atom stereocenters.